The summed E-state index contributed by atoms with van der Waals surface area (Å²) in [6, 6.07) is 0. The van der Waals surface area contributed by atoms with Gasteiger partial charge in [-0.25, -0.2) is 4.98 Å². The maximum atomic E-state index is 13.5. The number of rotatable bonds is 6. The third-order valence-corrected chi connectivity index (χ3v) is 6.52. The molecule has 162 valence electrons. The third kappa shape index (κ3) is 2.79. The molecule has 2 aromatic heterocycles. The van der Waals surface area contributed by atoms with E-state index in [1.165, 1.54) is 7.11 Å². The number of carbonyl (C=O) groups excluding carboxylic acids is 3. The molecule has 9 nitrogen and oxygen atoms in total. The van der Waals surface area contributed by atoms with Crippen molar-refractivity contribution in [2.45, 2.75) is 45.3 Å². The number of nitrogens with zero attached hydrogens (tertiary/aromatic N) is 3. The lowest BCUT2D eigenvalue weighted by atomic mass is 9.83. The van der Waals surface area contributed by atoms with Gasteiger partial charge in [0.25, 0.3) is 5.91 Å². The first-order valence-corrected chi connectivity index (χ1v) is 10.5. The molecule has 1 spiro atoms. The molecule has 31 heavy (non-hydrogen) atoms. The van der Waals surface area contributed by atoms with Gasteiger partial charge in [0.15, 0.2) is 5.82 Å². The van der Waals surface area contributed by atoms with Gasteiger partial charge in [-0.15, -0.1) is 0 Å². The summed E-state index contributed by atoms with van der Waals surface area (Å²) in [5, 5.41) is 2.73. The number of aromatic nitrogens is 3. The molecule has 5 rings (SSSR count). The van der Waals surface area contributed by atoms with Gasteiger partial charge < -0.3 is 24.5 Å². The minimum atomic E-state index is -0.296. The van der Waals surface area contributed by atoms with Crippen molar-refractivity contribution in [1.29, 1.82) is 0 Å². The number of hydrogen-bond donors (Lipinski definition) is 2. The van der Waals surface area contributed by atoms with E-state index in [1.807, 2.05) is 20.0 Å². The summed E-state index contributed by atoms with van der Waals surface area (Å²) in [6.45, 7) is 4.58. The molecular formula is C22H25N5O4. The van der Waals surface area contributed by atoms with Gasteiger partial charge in [0, 0.05) is 43.5 Å². The highest BCUT2D eigenvalue weighted by molar-refractivity contribution is 6.09. The van der Waals surface area contributed by atoms with Crippen LogP contribution < -0.4 is 5.32 Å². The summed E-state index contributed by atoms with van der Waals surface area (Å²) in [4.78, 5) is 47.4. The molecule has 2 fully saturated rings. The minimum Gasteiger partial charge on any atom is -0.364 e. The number of H-pyrrole nitrogens is 1. The summed E-state index contributed by atoms with van der Waals surface area (Å²) in [7, 11) is 1.53. The number of piperidine rings is 1. The van der Waals surface area contributed by atoms with Crippen LogP contribution in [0.2, 0.25) is 0 Å². The smallest absolute Gasteiger partial charge is 0.294 e. The van der Waals surface area contributed by atoms with Gasteiger partial charge in [-0.3, -0.25) is 14.4 Å². The fraction of sp³-hybridized carbons (Fsp3) is 0.455. The van der Waals surface area contributed by atoms with Crippen molar-refractivity contribution < 1.29 is 19.1 Å². The average Bonchev–Trinajstić information content (AvgIpc) is 3.01. The predicted octanol–water partition coefficient (Wildman–Crippen LogP) is 2.36. The Morgan fingerprint density at radius 2 is 2.23 bits per heavy atom. The van der Waals surface area contributed by atoms with Gasteiger partial charge in [-0.1, -0.05) is 6.92 Å². The molecule has 0 radical (unpaired) electrons. The molecule has 0 unspecified atom stereocenters. The standard InChI is InChI=1S/C22H25N5O4/c1-4-5-17(29)24-16-10-26(11-31-3)20(25-16)21(30)27-9-13-7-22(13)15(27)6-14(28)19-18(22)12(2)8-23-19/h6,8,10,13,23H,4-5,7,9,11H2,1-3H3,(H,24,29)/t13-,22+/m0/s1. The molecule has 1 saturated heterocycles. The lowest BCUT2D eigenvalue weighted by Crippen LogP contribution is -2.35. The number of methoxy groups -OCH3 is 1. The predicted molar refractivity (Wildman–Crippen MR) is 112 cm³/mol. The first kappa shape index (κ1) is 19.7. The molecule has 2 aromatic rings. The molecule has 9 heteroatoms. The number of anilines is 1. The number of hydrogen-bond acceptors (Lipinski definition) is 5. The van der Waals surface area contributed by atoms with Crippen molar-refractivity contribution >= 4 is 23.4 Å². The third-order valence-electron chi connectivity index (χ3n) is 6.52. The molecule has 2 amide bonds. The summed E-state index contributed by atoms with van der Waals surface area (Å²) in [5.74, 6) is 0.224. The number of amides is 2. The zero-order chi connectivity index (χ0) is 21.9. The van der Waals surface area contributed by atoms with E-state index < -0.39 is 0 Å². The second-order valence-corrected chi connectivity index (χ2v) is 8.54. The molecule has 2 aliphatic carbocycles. The number of ether oxygens (including phenoxy) is 1. The van der Waals surface area contributed by atoms with E-state index >= 15 is 0 Å². The quantitative estimate of drug-likeness (QED) is 0.741. The van der Waals surface area contributed by atoms with Crippen LogP contribution >= 0.6 is 0 Å². The Kier molecular flexibility index (Phi) is 4.40. The van der Waals surface area contributed by atoms with E-state index in [0.717, 1.165) is 29.7 Å². The van der Waals surface area contributed by atoms with Crippen LogP contribution in [-0.4, -0.2) is 50.7 Å². The average molecular weight is 423 g/mol. The molecule has 2 atom stereocenters. The van der Waals surface area contributed by atoms with Crippen molar-refractivity contribution in [2.24, 2.45) is 5.92 Å². The summed E-state index contributed by atoms with van der Waals surface area (Å²) in [5.41, 5.74) is 3.21. The minimum absolute atomic E-state index is 0.109. The largest absolute Gasteiger partial charge is 0.364 e. The lowest BCUT2D eigenvalue weighted by molar-refractivity contribution is -0.116. The van der Waals surface area contributed by atoms with E-state index in [1.54, 1.807) is 21.7 Å². The van der Waals surface area contributed by atoms with Crippen molar-refractivity contribution in [3.8, 4) is 0 Å². The van der Waals surface area contributed by atoms with Gasteiger partial charge in [-0.2, -0.15) is 0 Å². The molecule has 0 aromatic carbocycles. The Morgan fingerprint density at radius 3 is 2.97 bits per heavy atom. The van der Waals surface area contributed by atoms with E-state index in [-0.39, 0.29) is 35.6 Å². The zero-order valence-electron chi connectivity index (χ0n) is 17.8. The first-order chi connectivity index (χ1) is 14.9. The number of imidazole rings is 1. The normalized spacial score (nSPS) is 23.2. The van der Waals surface area contributed by atoms with Crippen LogP contribution in [0.25, 0.3) is 0 Å². The summed E-state index contributed by atoms with van der Waals surface area (Å²) in [6.07, 6.45) is 7.10. The van der Waals surface area contributed by atoms with Crippen molar-refractivity contribution in [3.05, 3.63) is 46.8 Å². The van der Waals surface area contributed by atoms with Gasteiger partial charge in [0.1, 0.15) is 6.73 Å². The van der Waals surface area contributed by atoms with Gasteiger partial charge in [0.05, 0.1) is 11.9 Å². The van der Waals surface area contributed by atoms with E-state index in [9.17, 15) is 14.4 Å². The van der Waals surface area contributed by atoms with Gasteiger partial charge in [-0.05, 0) is 36.8 Å². The Morgan fingerprint density at radius 1 is 1.42 bits per heavy atom. The van der Waals surface area contributed by atoms with Gasteiger partial charge >= 0.3 is 0 Å². The van der Waals surface area contributed by atoms with Crippen LogP contribution in [0.3, 0.4) is 0 Å². The van der Waals surface area contributed by atoms with E-state index in [4.69, 9.17) is 4.74 Å². The number of nitrogens with one attached hydrogen (secondary N) is 2. The number of allylic oxidation sites excluding steroid dienone is 2. The number of likely N-dealkylation sites (tertiary alicyclic amines) is 1. The number of fused-ring (bicyclic) bond motifs is 1. The van der Waals surface area contributed by atoms with Crippen LogP contribution in [0, 0.1) is 12.8 Å². The Bertz CT molecular complexity index is 1140. The SMILES string of the molecule is CCCC(=O)Nc1cn(COC)c(C(=O)N2C[C@@H]3C[C@]34C2=CC(=O)c2[nH]cc(C)c24)n1. The fourth-order valence-corrected chi connectivity index (χ4v) is 5.18. The highest BCUT2D eigenvalue weighted by Gasteiger charge is 2.68. The van der Waals surface area contributed by atoms with Crippen LogP contribution in [0.4, 0.5) is 5.82 Å². The summed E-state index contributed by atoms with van der Waals surface area (Å²) < 4.78 is 6.80. The molecule has 0 bridgehead atoms. The molecule has 3 aliphatic rings. The second kappa shape index (κ2) is 6.91. The van der Waals surface area contributed by atoms with Crippen LogP contribution in [0.1, 0.15) is 58.4 Å². The monoisotopic (exact) mass is 423 g/mol. The van der Waals surface area contributed by atoms with Crippen LogP contribution in [0.5, 0.6) is 0 Å². The molecule has 2 N–H and O–H groups in total. The number of aryl methyl sites for hydroxylation is 1. The highest BCUT2D eigenvalue weighted by atomic mass is 16.5. The lowest BCUT2D eigenvalue weighted by Gasteiger charge is -2.28. The van der Waals surface area contributed by atoms with Crippen LogP contribution in [0.15, 0.2) is 24.2 Å². The number of aromatic amines is 1. The van der Waals surface area contributed by atoms with E-state index in [2.05, 4.69) is 15.3 Å². The molecule has 3 heterocycles. The zero-order valence-corrected chi connectivity index (χ0v) is 17.8. The van der Waals surface area contributed by atoms with Gasteiger partial charge in [0.2, 0.25) is 17.5 Å². The van der Waals surface area contributed by atoms with Crippen molar-refractivity contribution in [1.82, 2.24) is 19.4 Å². The maximum Gasteiger partial charge on any atom is 0.294 e. The van der Waals surface area contributed by atoms with E-state index in [0.29, 0.717) is 30.4 Å². The Balaban J connectivity index is 1.48. The number of carbonyl (C=O) groups is 3. The molecule has 1 aliphatic heterocycles. The van der Waals surface area contributed by atoms with Crippen molar-refractivity contribution in [3.63, 3.8) is 0 Å². The maximum absolute atomic E-state index is 13.5. The van der Waals surface area contributed by atoms with Crippen LogP contribution in [-0.2, 0) is 21.7 Å². The molecular weight excluding hydrogens is 398 g/mol. The fourth-order valence-electron chi connectivity index (χ4n) is 5.18. The summed E-state index contributed by atoms with van der Waals surface area (Å²) >= 11 is 0. The van der Waals surface area contributed by atoms with Crippen molar-refractivity contribution in [2.75, 3.05) is 19.0 Å². The Hall–Kier alpha value is -3.20. The molecule has 1 saturated carbocycles. The second-order valence-electron chi connectivity index (χ2n) is 8.54. The Labute approximate surface area is 179 Å². The highest BCUT2D eigenvalue weighted by Crippen LogP contribution is 2.67. The number of ketones is 1. The first-order valence-electron chi connectivity index (χ1n) is 10.5. The topological polar surface area (TPSA) is 109 Å².